The molecule has 1 aromatic rings. The summed E-state index contributed by atoms with van der Waals surface area (Å²) in [6.45, 7) is 1.97. The fourth-order valence-electron chi connectivity index (χ4n) is 1.15. The summed E-state index contributed by atoms with van der Waals surface area (Å²) in [6.07, 6.45) is 0.593. The zero-order valence-corrected chi connectivity index (χ0v) is 11.2. The molecule has 0 radical (unpaired) electrons. The quantitative estimate of drug-likeness (QED) is 0.901. The second-order valence-corrected chi connectivity index (χ2v) is 6.21. The average molecular weight is 282 g/mol. The van der Waals surface area contributed by atoms with E-state index in [0.29, 0.717) is 23.0 Å². The molecule has 0 heterocycles. The molecule has 0 bridgehead atoms. The van der Waals surface area contributed by atoms with Crippen molar-refractivity contribution in [2.24, 2.45) is 0 Å². The van der Waals surface area contributed by atoms with Gasteiger partial charge in [-0.25, -0.2) is 13.1 Å². The first-order valence-corrected chi connectivity index (χ1v) is 7.26. The molecule has 90 valence electrons. The molecule has 0 amide bonds. The van der Waals surface area contributed by atoms with Gasteiger partial charge in [-0.3, -0.25) is 0 Å². The van der Waals surface area contributed by atoms with Gasteiger partial charge in [0.2, 0.25) is 10.0 Å². The van der Waals surface area contributed by atoms with Crippen LogP contribution in [0.25, 0.3) is 0 Å². The van der Waals surface area contributed by atoms with Gasteiger partial charge in [0.05, 0.1) is 15.8 Å². The Kier molecular flexibility index (Phi) is 5.05. The number of benzene rings is 1. The molecule has 1 N–H and O–H groups in total. The molecule has 1 rings (SSSR count). The van der Waals surface area contributed by atoms with E-state index in [1.807, 2.05) is 6.07 Å². The third-order valence-electron chi connectivity index (χ3n) is 2.10. The highest BCUT2D eigenvalue weighted by atomic mass is 35.5. The van der Waals surface area contributed by atoms with Crippen molar-refractivity contribution in [2.45, 2.75) is 13.3 Å². The van der Waals surface area contributed by atoms with E-state index in [-0.39, 0.29) is 5.75 Å². The normalized spacial score (nSPS) is 11.7. The number of rotatable bonds is 5. The van der Waals surface area contributed by atoms with Crippen molar-refractivity contribution >= 4 is 33.2 Å². The summed E-state index contributed by atoms with van der Waals surface area (Å²) in [7, 11) is -3.12. The second-order valence-electron chi connectivity index (χ2n) is 3.30. The van der Waals surface area contributed by atoms with Crippen LogP contribution in [0.3, 0.4) is 0 Å². The van der Waals surface area contributed by atoms with Gasteiger partial charge in [0.25, 0.3) is 0 Å². The van der Waals surface area contributed by atoms with Crippen LogP contribution in [0.1, 0.15) is 12.5 Å². The maximum absolute atomic E-state index is 11.2. The summed E-state index contributed by atoms with van der Waals surface area (Å²) in [5, 5.41) is 0.983. The van der Waals surface area contributed by atoms with Crippen LogP contribution < -0.4 is 4.72 Å². The molecule has 0 aliphatic heterocycles. The summed E-state index contributed by atoms with van der Waals surface area (Å²) in [5.41, 5.74) is 0.952. The monoisotopic (exact) mass is 281 g/mol. The molecule has 0 atom stereocenters. The third kappa shape index (κ3) is 4.29. The van der Waals surface area contributed by atoms with Crippen LogP contribution in [0.5, 0.6) is 0 Å². The molecule has 0 fully saturated rings. The van der Waals surface area contributed by atoms with E-state index in [0.717, 1.165) is 5.56 Å². The molecular formula is C10H13Cl2NO2S. The van der Waals surface area contributed by atoms with E-state index in [1.54, 1.807) is 19.1 Å². The number of sulfonamides is 1. The highest BCUT2D eigenvalue weighted by molar-refractivity contribution is 7.89. The molecule has 0 aliphatic rings. The van der Waals surface area contributed by atoms with Crippen LogP contribution in [-0.4, -0.2) is 20.7 Å². The number of hydrogen-bond acceptors (Lipinski definition) is 2. The number of nitrogens with one attached hydrogen (secondary N) is 1. The molecule has 0 saturated heterocycles. The van der Waals surface area contributed by atoms with Gasteiger partial charge in [-0.15, -0.1) is 0 Å². The minimum Gasteiger partial charge on any atom is -0.215 e. The van der Waals surface area contributed by atoms with Crippen molar-refractivity contribution in [3.05, 3.63) is 33.8 Å². The Morgan fingerprint density at radius 3 is 2.50 bits per heavy atom. The van der Waals surface area contributed by atoms with E-state index in [2.05, 4.69) is 4.72 Å². The van der Waals surface area contributed by atoms with Crippen LogP contribution in [-0.2, 0) is 16.4 Å². The van der Waals surface area contributed by atoms with Crippen molar-refractivity contribution in [3.8, 4) is 0 Å². The van der Waals surface area contributed by atoms with Crippen LogP contribution in [0.4, 0.5) is 0 Å². The first-order valence-electron chi connectivity index (χ1n) is 4.86. The predicted molar refractivity (Wildman–Crippen MR) is 67.6 cm³/mol. The van der Waals surface area contributed by atoms with Gasteiger partial charge < -0.3 is 0 Å². The van der Waals surface area contributed by atoms with E-state index in [9.17, 15) is 8.42 Å². The molecule has 1 aromatic carbocycles. The van der Waals surface area contributed by atoms with Crippen molar-refractivity contribution < 1.29 is 8.42 Å². The first kappa shape index (κ1) is 13.8. The Morgan fingerprint density at radius 2 is 1.94 bits per heavy atom. The van der Waals surface area contributed by atoms with Gasteiger partial charge in [0.15, 0.2) is 0 Å². The van der Waals surface area contributed by atoms with Gasteiger partial charge >= 0.3 is 0 Å². The summed E-state index contributed by atoms with van der Waals surface area (Å²) >= 11 is 11.6. The van der Waals surface area contributed by atoms with Crippen molar-refractivity contribution in [1.82, 2.24) is 4.72 Å². The lowest BCUT2D eigenvalue weighted by molar-refractivity contribution is 0.583. The SMILES string of the molecule is CCS(=O)(=O)NCCc1ccc(Cl)c(Cl)c1. The lowest BCUT2D eigenvalue weighted by atomic mass is 10.1. The molecule has 6 heteroatoms. The van der Waals surface area contributed by atoms with Crippen LogP contribution in [0, 0.1) is 0 Å². The van der Waals surface area contributed by atoms with Crippen LogP contribution >= 0.6 is 23.2 Å². The Bertz CT molecular complexity index is 460. The number of hydrogen-bond donors (Lipinski definition) is 1. The maximum atomic E-state index is 11.2. The minimum absolute atomic E-state index is 0.0916. The summed E-state index contributed by atoms with van der Waals surface area (Å²) in [4.78, 5) is 0. The topological polar surface area (TPSA) is 46.2 Å². The molecule has 0 spiro atoms. The second kappa shape index (κ2) is 5.87. The van der Waals surface area contributed by atoms with Gasteiger partial charge in [0, 0.05) is 6.54 Å². The smallest absolute Gasteiger partial charge is 0.211 e. The van der Waals surface area contributed by atoms with Gasteiger partial charge in [-0.2, -0.15) is 0 Å². The zero-order valence-electron chi connectivity index (χ0n) is 8.83. The van der Waals surface area contributed by atoms with Crippen LogP contribution in [0.15, 0.2) is 18.2 Å². The first-order chi connectivity index (χ1) is 7.44. The molecule has 16 heavy (non-hydrogen) atoms. The highest BCUT2D eigenvalue weighted by Crippen LogP contribution is 2.22. The van der Waals surface area contributed by atoms with Crippen molar-refractivity contribution in [1.29, 1.82) is 0 Å². The Balaban J connectivity index is 2.53. The van der Waals surface area contributed by atoms with Gasteiger partial charge in [-0.05, 0) is 31.0 Å². The minimum atomic E-state index is -3.12. The lowest BCUT2D eigenvalue weighted by Gasteiger charge is -2.05. The molecule has 0 unspecified atom stereocenters. The average Bonchev–Trinajstić information content (AvgIpc) is 2.23. The van der Waals surface area contributed by atoms with E-state index in [1.165, 1.54) is 0 Å². The Morgan fingerprint density at radius 1 is 1.25 bits per heavy atom. The molecule has 0 aromatic heterocycles. The maximum Gasteiger partial charge on any atom is 0.211 e. The predicted octanol–water partition coefficient (Wildman–Crippen LogP) is 2.48. The van der Waals surface area contributed by atoms with Gasteiger partial charge in [0.1, 0.15) is 0 Å². The van der Waals surface area contributed by atoms with Crippen LogP contribution in [0.2, 0.25) is 10.0 Å². The molecular weight excluding hydrogens is 269 g/mol. The largest absolute Gasteiger partial charge is 0.215 e. The summed E-state index contributed by atoms with van der Waals surface area (Å²) in [5.74, 6) is 0.0916. The molecule has 3 nitrogen and oxygen atoms in total. The van der Waals surface area contributed by atoms with E-state index in [4.69, 9.17) is 23.2 Å². The Labute approximate surface area is 106 Å². The van der Waals surface area contributed by atoms with Crippen molar-refractivity contribution in [3.63, 3.8) is 0 Å². The van der Waals surface area contributed by atoms with E-state index >= 15 is 0 Å². The summed E-state index contributed by atoms with van der Waals surface area (Å²) < 4.78 is 24.8. The molecule has 0 saturated carbocycles. The highest BCUT2D eigenvalue weighted by Gasteiger charge is 2.05. The van der Waals surface area contributed by atoms with Crippen molar-refractivity contribution in [2.75, 3.05) is 12.3 Å². The standard InChI is InChI=1S/C10H13Cl2NO2S/c1-2-16(14,15)13-6-5-8-3-4-9(11)10(12)7-8/h3-4,7,13H,2,5-6H2,1H3. The number of halogens is 2. The Hall–Kier alpha value is -0.290. The third-order valence-corrected chi connectivity index (χ3v) is 4.24. The lowest BCUT2D eigenvalue weighted by Crippen LogP contribution is -2.27. The van der Waals surface area contributed by atoms with Gasteiger partial charge in [-0.1, -0.05) is 29.3 Å². The van der Waals surface area contributed by atoms with E-state index < -0.39 is 10.0 Å². The fourth-order valence-corrected chi connectivity index (χ4v) is 2.09. The fraction of sp³-hybridized carbons (Fsp3) is 0.400. The summed E-state index contributed by atoms with van der Waals surface area (Å²) in [6, 6.07) is 5.27. The molecule has 0 aliphatic carbocycles. The zero-order chi connectivity index (χ0) is 12.2.